The SMILES string of the molecule is O=C(O)CCc1nc2cnccc2s1. The van der Waals surface area contributed by atoms with E-state index in [0.29, 0.717) is 6.42 Å². The number of hydrogen-bond donors (Lipinski definition) is 1. The molecule has 2 heterocycles. The molecule has 72 valence electrons. The van der Waals surface area contributed by atoms with Crippen LogP contribution in [0.1, 0.15) is 11.4 Å². The summed E-state index contributed by atoms with van der Waals surface area (Å²) in [5.74, 6) is -0.789. The van der Waals surface area contributed by atoms with Crippen molar-refractivity contribution in [2.24, 2.45) is 0 Å². The van der Waals surface area contributed by atoms with Crippen molar-refractivity contribution in [3.63, 3.8) is 0 Å². The number of carbonyl (C=O) groups is 1. The number of aryl methyl sites for hydroxylation is 1. The second-order valence-electron chi connectivity index (χ2n) is 2.84. The van der Waals surface area contributed by atoms with Crippen LogP contribution in [0.3, 0.4) is 0 Å². The standard InChI is InChI=1S/C9H8N2O2S/c12-9(13)2-1-8-11-6-5-10-4-3-7(6)14-8/h3-5H,1-2H2,(H,12,13). The van der Waals surface area contributed by atoms with Gasteiger partial charge in [-0.25, -0.2) is 4.98 Å². The van der Waals surface area contributed by atoms with Crippen molar-refractivity contribution in [3.05, 3.63) is 23.5 Å². The molecule has 0 spiro atoms. The van der Waals surface area contributed by atoms with Crippen LogP contribution in [0, 0.1) is 0 Å². The Labute approximate surface area is 84.2 Å². The summed E-state index contributed by atoms with van der Waals surface area (Å²) in [4.78, 5) is 18.6. The molecule has 4 nitrogen and oxygen atoms in total. The minimum atomic E-state index is -0.789. The van der Waals surface area contributed by atoms with E-state index in [1.807, 2.05) is 6.07 Å². The second-order valence-corrected chi connectivity index (χ2v) is 3.96. The fourth-order valence-corrected chi connectivity index (χ4v) is 2.08. The molecule has 2 aromatic rings. The van der Waals surface area contributed by atoms with Crippen LogP contribution in [0.2, 0.25) is 0 Å². The largest absolute Gasteiger partial charge is 0.481 e. The quantitative estimate of drug-likeness (QED) is 0.834. The van der Waals surface area contributed by atoms with E-state index in [1.54, 1.807) is 12.4 Å². The first-order valence-corrected chi connectivity index (χ1v) is 4.98. The van der Waals surface area contributed by atoms with Gasteiger partial charge in [-0.3, -0.25) is 9.78 Å². The van der Waals surface area contributed by atoms with E-state index in [4.69, 9.17) is 5.11 Å². The average molecular weight is 208 g/mol. The van der Waals surface area contributed by atoms with Gasteiger partial charge in [-0.15, -0.1) is 11.3 Å². The monoisotopic (exact) mass is 208 g/mol. The highest BCUT2D eigenvalue weighted by Crippen LogP contribution is 2.21. The Hall–Kier alpha value is -1.49. The number of aliphatic carboxylic acids is 1. The first-order chi connectivity index (χ1) is 6.75. The van der Waals surface area contributed by atoms with Crippen LogP contribution in [0.25, 0.3) is 10.2 Å². The van der Waals surface area contributed by atoms with Crippen LogP contribution in [0.5, 0.6) is 0 Å². The van der Waals surface area contributed by atoms with Gasteiger partial charge in [0.2, 0.25) is 0 Å². The first-order valence-electron chi connectivity index (χ1n) is 4.17. The number of rotatable bonds is 3. The van der Waals surface area contributed by atoms with Gasteiger partial charge in [0.05, 0.1) is 27.8 Å². The molecule has 2 aromatic heterocycles. The number of carboxylic acids is 1. The second kappa shape index (κ2) is 3.71. The van der Waals surface area contributed by atoms with Crippen LogP contribution in [0.4, 0.5) is 0 Å². The lowest BCUT2D eigenvalue weighted by Crippen LogP contribution is -1.96. The number of hydrogen-bond acceptors (Lipinski definition) is 4. The Kier molecular flexibility index (Phi) is 2.41. The minimum absolute atomic E-state index is 0.132. The molecule has 0 saturated heterocycles. The molecule has 0 aliphatic carbocycles. The summed E-state index contributed by atoms with van der Waals surface area (Å²) in [6, 6.07) is 1.89. The van der Waals surface area contributed by atoms with Gasteiger partial charge in [0, 0.05) is 12.6 Å². The van der Waals surface area contributed by atoms with Gasteiger partial charge in [-0.2, -0.15) is 0 Å². The molecule has 0 saturated carbocycles. The number of carboxylic acid groups (broad SMARTS) is 1. The lowest BCUT2D eigenvalue weighted by molar-refractivity contribution is -0.136. The van der Waals surface area contributed by atoms with Gasteiger partial charge < -0.3 is 5.11 Å². The molecule has 5 heteroatoms. The van der Waals surface area contributed by atoms with Gasteiger partial charge in [-0.05, 0) is 6.07 Å². The lowest BCUT2D eigenvalue weighted by atomic mass is 10.3. The fraction of sp³-hybridized carbons (Fsp3) is 0.222. The topological polar surface area (TPSA) is 63.1 Å². The van der Waals surface area contributed by atoms with E-state index >= 15 is 0 Å². The molecule has 2 rings (SSSR count). The third-order valence-electron chi connectivity index (χ3n) is 1.79. The maximum atomic E-state index is 10.4. The smallest absolute Gasteiger partial charge is 0.303 e. The molecule has 14 heavy (non-hydrogen) atoms. The van der Waals surface area contributed by atoms with Crippen molar-refractivity contribution < 1.29 is 9.90 Å². The summed E-state index contributed by atoms with van der Waals surface area (Å²) in [5.41, 5.74) is 0.845. The molecular weight excluding hydrogens is 200 g/mol. The van der Waals surface area contributed by atoms with Gasteiger partial charge in [0.15, 0.2) is 0 Å². The third-order valence-corrected chi connectivity index (χ3v) is 2.88. The summed E-state index contributed by atoms with van der Waals surface area (Å²) >= 11 is 1.52. The zero-order valence-electron chi connectivity index (χ0n) is 7.30. The van der Waals surface area contributed by atoms with Crippen LogP contribution in [-0.4, -0.2) is 21.0 Å². The van der Waals surface area contributed by atoms with E-state index in [-0.39, 0.29) is 6.42 Å². The highest BCUT2D eigenvalue weighted by Gasteiger charge is 2.05. The van der Waals surface area contributed by atoms with Gasteiger partial charge in [0.25, 0.3) is 0 Å². The summed E-state index contributed by atoms with van der Waals surface area (Å²) in [7, 11) is 0. The molecule has 0 amide bonds. The van der Waals surface area contributed by atoms with Gasteiger partial charge in [0.1, 0.15) is 0 Å². The summed E-state index contributed by atoms with van der Waals surface area (Å²) in [6.07, 6.45) is 4.03. The Balaban J connectivity index is 2.22. The van der Waals surface area contributed by atoms with E-state index in [9.17, 15) is 4.79 Å². The lowest BCUT2D eigenvalue weighted by Gasteiger charge is -1.88. The molecule has 0 aliphatic heterocycles. The maximum Gasteiger partial charge on any atom is 0.303 e. The molecule has 0 unspecified atom stereocenters. The Bertz CT molecular complexity index is 434. The van der Waals surface area contributed by atoms with Gasteiger partial charge in [-0.1, -0.05) is 0 Å². The molecule has 0 aromatic carbocycles. The Morgan fingerprint density at radius 3 is 3.14 bits per heavy atom. The molecule has 0 atom stereocenters. The number of thiazole rings is 1. The molecule has 0 radical (unpaired) electrons. The van der Waals surface area contributed by atoms with E-state index in [0.717, 1.165) is 15.2 Å². The zero-order valence-corrected chi connectivity index (χ0v) is 8.12. The van der Waals surface area contributed by atoms with Crippen LogP contribution < -0.4 is 0 Å². The molecular formula is C9H8N2O2S. The molecule has 1 N–H and O–H groups in total. The van der Waals surface area contributed by atoms with Crippen molar-refractivity contribution >= 4 is 27.5 Å². The Morgan fingerprint density at radius 2 is 2.43 bits per heavy atom. The summed E-state index contributed by atoms with van der Waals surface area (Å²) < 4.78 is 1.06. The predicted octanol–water partition coefficient (Wildman–Crippen LogP) is 1.71. The van der Waals surface area contributed by atoms with Crippen molar-refractivity contribution in [1.82, 2.24) is 9.97 Å². The predicted molar refractivity (Wildman–Crippen MR) is 53.4 cm³/mol. The normalized spacial score (nSPS) is 10.6. The van der Waals surface area contributed by atoms with Crippen molar-refractivity contribution in [3.8, 4) is 0 Å². The van der Waals surface area contributed by atoms with Crippen molar-refractivity contribution in [1.29, 1.82) is 0 Å². The summed E-state index contributed by atoms with van der Waals surface area (Å²) in [6.45, 7) is 0. The maximum absolute atomic E-state index is 10.4. The van der Waals surface area contributed by atoms with Crippen LogP contribution in [0.15, 0.2) is 18.5 Å². The molecule has 0 fully saturated rings. The molecule has 0 aliphatic rings. The average Bonchev–Trinajstić information content (AvgIpc) is 2.57. The fourth-order valence-electron chi connectivity index (χ4n) is 1.15. The number of pyridine rings is 1. The highest BCUT2D eigenvalue weighted by molar-refractivity contribution is 7.18. The van der Waals surface area contributed by atoms with Crippen molar-refractivity contribution in [2.45, 2.75) is 12.8 Å². The van der Waals surface area contributed by atoms with Crippen LogP contribution in [-0.2, 0) is 11.2 Å². The first kappa shape index (κ1) is 9.08. The van der Waals surface area contributed by atoms with E-state index in [1.165, 1.54) is 11.3 Å². The molecule has 0 bridgehead atoms. The zero-order chi connectivity index (χ0) is 9.97. The van der Waals surface area contributed by atoms with E-state index in [2.05, 4.69) is 9.97 Å². The van der Waals surface area contributed by atoms with E-state index < -0.39 is 5.97 Å². The third kappa shape index (κ3) is 1.88. The minimum Gasteiger partial charge on any atom is -0.481 e. The van der Waals surface area contributed by atoms with Crippen molar-refractivity contribution in [2.75, 3.05) is 0 Å². The van der Waals surface area contributed by atoms with Gasteiger partial charge >= 0.3 is 5.97 Å². The number of nitrogens with zero attached hydrogens (tertiary/aromatic N) is 2. The number of fused-ring (bicyclic) bond motifs is 1. The van der Waals surface area contributed by atoms with Crippen LogP contribution >= 0.6 is 11.3 Å². The summed E-state index contributed by atoms with van der Waals surface area (Å²) in [5, 5.41) is 9.37. The Morgan fingerprint density at radius 1 is 1.57 bits per heavy atom. The number of aromatic nitrogens is 2. The highest BCUT2D eigenvalue weighted by atomic mass is 32.1.